The van der Waals surface area contributed by atoms with Gasteiger partial charge in [0.25, 0.3) is 0 Å². The van der Waals surface area contributed by atoms with Crippen molar-refractivity contribution in [2.24, 2.45) is 0 Å². The lowest BCUT2D eigenvalue weighted by Gasteiger charge is -2.21. The van der Waals surface area contributed by atoms with Crippen molar-refractivity contribution in [3.05, 3.63) is 89.4 Å². The molecule has 1 aliphatic rings. The maximum Gasteiger partial charge on any atom is 0.417 e. The Bertz CT molecular complexity index is 1210. The SMILES string of the molecule is C=C1C=C(c2ccnc3[nH]c(C#N)cc23)C=C(c2ccccc2C(F)(F)F)N1. The number of hydrogen-bond donors (Lipinski definition) is 2. The maximum atomic E-state index is 13.4. The van der Waals surface area contributed by atoms with E-state index in [9.17, 15) is 13.2 Å². The number of nitrogens with zero attached hydrogens (tertiary/aromatic N) is 2. The van der Waals surface area contributed by atoms with E-state index >= 15 is 0 Å². The molecule has 4 nitrogen and oxygen atoms in total. The molecule has 138 valence electrons. The summed E-state index contributed by atoms with van der Waals surface area (Å²) in [4.78, 5) is 7.11. The van der Waals surface area contributed by atoms with E-state index in [0.717, 1.165) is 11.6 Å². The molecule has 1 aromatic carbocycles. The first kappa shape index (κ1) is 17.6. The van der Waals surface area contributed by atoms with Gasteiger partial charge in [-0.25, -0.2) is 4.98 Å². The number of aromatic nitrogens is 2. The predicted molar refractivity (Wildman–Crippen MR) is 100 cm³/mol. The zero-order chi connectivity index (χ0) is 19.9. The first-order valence-electron chi connectivity index (χ1n) is 8.31. The van der Waals surface area contributed by atoms with Crippen LogP contribution < -0.4 is 5.32 Å². The van der Waals surface area contributed by atoms with Crippen molar-refractivity contribution in [2.45, 2.75) is 6.18 Å². The van der Waals surface area contributed by atoms with Crippen LogP contribution in [0.3, 0.4) is 0 Å². The van der Waals surface area contributed by atoms with Crippen molar-refractivity contribution in [1.29, 1.82) is 5.26 Å². The molecule has 3 heterocycles. The molecule has 2 aromatic heterocycles. The van der Waals surface area contributed by atoms with Gasteiger partial charge in [0.05, 0.1) is 5.56 Å². The van der Waals surface area contributed by atoms with Crippen LogP contribution in [0.5, 0.6) is 0 Å². The summed E-state index contributed by atoms with van der Waals surface area (Å²) in [5, 5.41) is 12.7. The Kier molecular flexibility index (Phi) is 4.04. The summed E-state index contributed by atoms with van der Waals surface area (Å²) < 4.78 is 40.3. The number of H-pyrrole nitrogens is 1. The first-order chi connectivity index (χ1) is 13.4. The number of fused-ring (bicyclic) bond motifs is 1. The van der Waals surface area contributed by atoms with Crippen LogP contribution in [0.25, 0.3) is 22.3 Å². The van der Waals surface area contributed by atoms with Crippen molar-refractivity contribution < 1.29 is 13.2 Å². The fourth-order valence-corrected chi connectivity index (χ4v) is 3.23. The molecule has 0 amide bonds. The Morgan fingerprint density at radius 2 is 1.86 bits per heavy atom. The Morgan fingerprint density at radius 1 is 1.07 bits per heavy atom. The second-order valence-corrected chi connectivity index (χ2v) is 6.27. The Hall–Kier alpha value is -3.79. The number of pyridine rings is 1. The van der Waals surface area contributed by atoms with E-state index in [4.69, 9.17) is 5.26 Å². The smallest absolute Gasteiger partial charge is 0.355 e. The third kappa shape index (κ3) is 3.05. The molecule has 0 atom stereocenters. The van der Waals surface area contributed by atoms with Crippen LogP contribution in [0, 0.1) is 11.3 Å². The highest BCUT2D eigenvalue weighted by molar-refractivity contribution is 5.98. The largest absolute Gasteiger partial charge is 0.417 e. The molecule has 1 aliphatic heterocycles. The lowest BCUT2D eigenvalue weighted by Crippen LogP contribution is -2.17. The van der Waals surface area contributed by atoms with Crippen LogP contribution >= 0.6 is 0 Å². The van der Waals surface area contributed by atoms with Gasteiger partial charge >= 0.3 is 6.18 Å². The molecule has 0 saturated carbocycles. The molecule has 0 fully saturated rings. The molecule has 7 heteroatoms. The quantitative estimate of drug-likeness (QED) is 0.660. The van der Waals surface area contributed by atoms with E-state index in [1.165, 1.54) is 12.1 Å². The molecular formula is C21H13F3N4. The third-order valence-corrected chi connectivity index (χ3v) is 4.41. The van der Waals surface area contributed by atoms with Gasteiger partial charge in [-0.1, -0.05) is 24.8 Å². The number of dihydropyridines is 1. The monoisotopic (exact) mass is 378 g/mol. The van der Waals surface area contributed by atoms with E-state index in [-0.39, 0.29) is 5.56 Å². The second kappa shape index (κ2) is 6.43. The summed E-state index contributed by atoms with van der Waals surface area (Å²) in [6.07, 6.45) is 0.493. The average molecular weight is 378 g/mol. The molecule has 0 saturated heterocycles. The molecule has 0 radical (unpaired) electrons. The van der Waals surface area contributed by atoms with Crippen LogP contribution in [0.1, 0.15) is 22.4 Å². The molecule has 3 aromatic rings. The summed E-state index contributed by atoms with van der Waals surface area (Å²) in [5.41, 5.74) is 2.38. The summed E-state index contributed by atoms with van der Waals surface area (Å²) in [6, 6.07) is 10.8. The fourth-order valence-electron chi connectivity index (χ4n) is 3.23. The number of nitriles is 1. The summed E-state index contributed by atoms with van der Waals surface area (Å²) >= 11 is 0. The fraction of sp³-hybridized carbons (Fsp3) is 0.0476. The highest BCUT2D eigenvalue weighted by Gasteiger charge is 2.34. The van der Waals surface area contributed by atoms with Crippen molar-refractivity contribution in [3.63, 3.8) is 0 Å². The minimum atomic E-state index is -4.48. The van der Waals surface area contributed by atoms with Crippen molar-refractivity contribution in [1.82, 2.24) is 15.3 Å². The van der Waals surface area contributed by atoms with Crippen molar-refractivity contribution in [2.75, 3.05) is 0 Å². The van der Waals surface area contributed by atoms with Gasteiger partial charge in [-0.3, -0.25) is 0 Å². The summed E-state index contributed by atoms with van der Waals surface area (Å²) in [7, 11) is 0. The predicted octanol–water partition coefficient (Wildman–Crippen LogP) is 4.99. The molecule has 2 N–H and O–H groups in total. The number of halogens is 3. The number of alkyl halides is 3. The Balaban J connectivity index is 1.88. The van der Waals surface area contributed by atoms with Crippen LogP contribution in [-0.2, 0) is 6.18 Å². The molecule has 0 bridgehead atoms. The van der Waals surface area contributed by atoms with Crippen LogP contribution in [0.2, 0.25) is 0 Å². The van der Waals surface area contributed by atoms with Crippen LogP contribution in [-0.4, -0.2) is 9.97 Å². The third-order valence-electron chi connectivity index (χ3n) is 4.41. The zero-order valence-electron chi connectivity index (χ0n) is 14.4. The summed E-state index contributed by atoms with van der Waals surface area (Å²) in [6.45, 7) is 3.87. The maximum absolute atomic E-state index is 13.4. The van der Waals surface area contributed by atoms with Gasteiger partial charge < -0.3 is 10.3 Å². The number of benzene rings is 1. The van der Waals surface area contributed by atoms with Crippen molar-refractivity contribution in [3.8, 4) is 6.07 Å². The Labute approximate surface area is 158 Å². The standard InChI is InChI=1S/C21H13F3N4/c1-12-8-13(15-6-7-26-20-17(15)10-14(11-25)28-20)9-19(27-12)16-4-2-3-5-18(16)21(22,23)24/h2-10,27H,1H2,(H,26,28). The number of rotatable bonds is 2. The van der Waals surface area contributed by atoms with E-state index < -0.39 is 11.7 Å². The minimum Gasteiger partial charge on any atom is -0.355 e. The van der Waals surface area contributed by atoms with Crippen LogP contribution in [0.15, 0.2) is 67.0 Å². The summed E-state index contributed by atoms with van der Waals surface area (Å²) in [5.74, 6) is 0. The lowest BCUT2D eigenvalue weighted by atomic mass is 9.95. The van der Waals surface area contributed by atoms with E-state index in [2.05, 4.69) is 21.9 Å². The van der Waals surface area contributed by atoms with Gasteiger partial charge in [-0.15, -0.1) is 0 Å². The van der Waals surface area contributed by atoms with Gasteiger partial charge in [-0.2, -0.15) is 18.4 Å². The average Bonchev–Trinajstić information content (AvgIpc) is 3.10. The topological polar surface area (TPSA) is 64.5 Å². The zero-order valence-corrected chi connectivity index (χ0v) is 14.4. The molecule has 0 aliphatic carbocycles. The van der Waals surface area contributed by atoms with Gasteiger partial charge in [-0.05, 0) is 41.5 Å². The van der Waals surface area contributed by atoms with Gasteiger partial charge in [0.1, 0.15) is 17.4 Å². The molecule has 0 unspecified atom stereocenters. The molecule has 0 spiro atoms. The van der Waals surface area contributed by atoms with E-state index in [1.54, 1.807) is 36.5 Å². The highest BCUT2D eigenvalue weighted by atomic mass is 19.4. The number of aromatic amines is 1. The number of hydrogen-bond acceptors (Lipinski definition) is 3. The van der Waals surface area contributed by atoms with E-state index in [1.807, 2.05) is 6.07 Å². The normalized spacial score (nSPS) is 14.3. The van der Waals surface area contributed by atoms with Gasteiger partial charge in [0.2, 0.25) is 0 Å². The van der Waals surface area contributed by atoms with E-state index in [0.29, 0.717) is 33.7 Å². The molecule has 4 rings (SSSR count). The number of nitrogens with one attached hydrogen (secondary N) is 2. The van der Waals surface area contributed by atoms with Crippen molar-refractivity contribution >= 4 is 22.3 Å². The molecule has 28 heavy (non-hydrogen) atoms. The highest BCUT2D eigenvalue weighted by Crippen LogP contribution is 2.37. The van der Waals surface area contributed by atoms with Crippen LogP contribution in [0.4, 0.5) is 13.2 Å². The lowest BCUT2D eigenvalue weighted by molar-refractivity contribution is -0.137. The first-order valence-corrected chi connectivity index (χ1v) is 8.31. The number of allylic oxidation sites excluding steroid dienone is 3. The Morgan fingerprint density at radius 3 is 2.61 bits per heavy atom. The van der Waals surface area contributed by atoms with Gasteiger partial charge in [0, 0.05) is 28.5 Å². The second-order valence-electron chi connectivity index (χ2n) is 6.27. The minimum absolute atomic E-state index is 0.0406. The van der Waals surface area contributed by atoms with Gasteiger partial charge in [0.15, 0.2) is 0 Å². The molecular weight excluding hydrogens is 365 g/mol.